The van der Waals surface area contributed by atoms with Crippen LogP contribution in [0.1, 0.15) is 19.4 Å². The number of hydrogen-bond donors (Lipinski definition) is 0. The van der Waals surface area contributed by atoms with Gasteiger partial charge >= 0.3 is 0 Å². The molecule has 0 atom stereocenters. The zero-order valence-corrected chi connectivity index (χ0v) is 11.9. The Morgan fingerprint density at radius 3 is 2.24 bits per heavy atom. The Morgan fingerprint density at radius 2 is 1.71 bits per heavy atom. The summed E-state index contributed by atoms with van der Waals surface area (Å²) in [5, 5.41) is 10.6. The lowest BCUT2D eigenvalue weighted by molar-refractivity contribution is -0.384. The first-order valence-corrected chi connectivity index (χ1v) is 6.60. The highest BCUT2D eigenvalue weighted by Gasteiger charge is 2.02. The normalized spacial score (nSPS) is 11.0. The van der Waals surface area contributed by atoms with Gasteiger partial charge in [-0.05, 0) is 55.8 Å². The van der Waals surface area contributed by atoms with Crippen LogP contribution in [0.15, 0.2) is 53.5 Å². The number of nitro groups is 1. The number of nitrogens with zero attached hydrogens (tertiary/aromatic N) is 2. The highest BCUT2D eigenvalue weighted by atomic mass is 16.6. The van der Waals surface area contributed by atoms with Gasteiger partial charge in [0.05, 0.1) is 16.7 Å². The van der Waals surface area contributed by atoms with E-state index in [-0.39, 0.29) is 11.8 Å². The van der Waals surface area contributed by atoms with Crippen LogP contribution in [0.5, 0.6) is 5.75 Å². The van der Waals surface area contributed by atoms with Gasteiger partial charge in [0.1, 0.15) is 5.75 Å². The van der Waals surface area contributed by atoms with Gasteiger partial charge in [-0.2, -0.15) is 0 Å². The second-order valence-electron chi connectivity index (χ2n) is 4.77. The first kappa shape index (κ1) is 14.7. The van der Waals surface area contributed by atoms with Crippen LogP contribution in [0.2, 0.25) is 0 Å². The van der Waals surface area contributed by atoms with Gasteiger partial charge in [-0.1, -0.05) is 0 Å². The molecular weight excluding hydrogens is 268 g/mol. The van der Waals surface area contributed by atoms with Crippen LogP contribution in [-0.4, -0.2) is 17.2 Å². The number of ether oxygens (including phenoxy) is 1. The van der Waals surface area contributed by atoms with Crippen molar-refractivity contribution in [1.29, 1.82) is 0 Å². The van der Waals surface area contributed by atoms with E-state index in [1.165, 1.54) is 12.1 Å². The summed E-state index contributed by atoms with van der Waals surface area (Å²) in [7, 11) is 0. The fourth-order valence-corrected chi connectivity index (χ4v) is 1.71. The Balaban J connectivity index is 2.05. The van der Waals surface area contributed by atoms with Gasteiger partial charge in [0.15, 0.2) is 0 Å². The molecule has 0 saturated carbocycles. The van der Waals surface area contributed by atoms with E-state index < -0.39 is 4.92 Å². The fourth-order valence-electron chi connectivity index (χ4n) is 1.71. The van der Waals surface area contributed by atoms with Crippen LogP contribution < -0.4 is 4.74 Å². The quantitative estimate of drug-likeness (QED) is 0.471. The number of benzene rings is 2. The molecule has 0 amide bonds. The van der Waals surface area contributed by atoms with Gasteiger partial charge in [-0.25, -0.2) is 0 Å². The summed E-state index contributed by atoms with van der Waals surface area (Å²) in [5.74, 6) is 0.817. The van der Waals surface area contributed by atoms with Crippen molar-refractivity contribution in [3.05, 3.63) is 64.2 Å². The van der Waals surface area contributed by atoms with Crippen molar-refractivity contribution in [3.8, 4) is 5.75 Å². The molecule has 0 fully saturated rings. The third kappa shape index (κ3) is 4.42. The van der Waals surface area contributed by atoms with Gasteiger partial charge in [0, 0.05) is 18.3 Å². The average molecular weight is 284 g/mol. The standard InChI is InChI=1S/C16H16N2O3/c1-12(2)21-16-9-3-13(4-10-16)11-17-14-5-7-15(8-6-14)18(19)20/h3-12H,1-2H3. The van der Waals surface area contributed by atoms with Crippen LogP contribution in [0.4, 0.5) is 11.4 Å². The van der Waals surface area contributed by atoms with Crippen LogP contribution in [-0.2, 0) is 0 Å². The van der Waals surface area contributed by atoms with Crippen molar-refractivity contribution in [2.45, 2.75) is 20.0 Å². The molecule has 108 valence electrons. The highest BCUT2D eigenvalue weighted by Crippen LogP contribution is 2.18. The van der Waals surface area contributed by atoms with E-state index in [4.69, 9.17) is 4.74 Å². The van der Waals surface area contributed by atoms with E-state index in [1.807, 2.05) is 38.1 Å². The van der Waals surface area contributed by atoms with Gasteiger partial charge in [-0.3, -0.25) is 15.1 Å². The van der Waals surface area contributed by atoms with Crippen LogP contribution in [0.3, 0.4) is 0 Å². The molecule has 0 aliphatic rings. The maximum Gasteiger partial charge on any atom is 0.269 e. The summed E-state index contributed by atoms with van der Waals surface area (Å²) in [4.78, 5) is 14.4. The van der Waals surface area contributed by atoms with Crippen LogP contribution >= 0.6 is 0 Å². The van der Waals surface area contributed by atoms with Crippen molar-refractivity contribution >= 4 is 17.6 Å². The molecule has 21 heavy (non-hydrogen) atoms. The van der Waals surface area contributed by atoms with Crippen LogP contribution in [0, 0.1) is 10.1 Å². The lowest BCUT2D eigenvalue weighted by Crippen LogP contribution is -2.05. The van der Waals surface area contributed by atoms with Gasteiger partial charge in [0.25, 0.3) is 5.69 Å². The first-order valence-electron chi connectivity index (χ1n) is 6.60. The molecule has 0 unspecified atom stereocenters. The number of aliphatic imine (C=N–C) groups is 1. The first-order chi connectivity index (χ1) is 10.0. The molecule has 0 saturated heterocycles. The topological polar surface area (TPSA) is 64.7 Å². The molecule has 2 aromatic carbocycles. The molecule has 0 heterocycles. The second kappa shape index (κ2) is 6.65. The molecule has 0 bridgehead atoms. The molecule has 0 aliphatic carbocycles. The molecule has 0 aliphatic heterocycles. The third-order valence-electron chi connectivity index (χ3n) is 2.68. The zero-order chi connectivity index (χ0) is 15.2. The number of non-ortho nitro benzene ring substituents is 1. The summed E-state index contributed by atoms with van der Waals surface area (Å²) in [6.07, 6.45) is 1.85. The molecule has 2 aromatic rings. The van der Waals surface area contributed by atoms with E-state index >= 15 is 0 Å². The summed E-state index contributed by atoms with van der Waals surface area (Å²) >= 11 is 0. The maximum atomic E-state index is 10.6. The second-order valence-corrected chi connectivity index (χ2v) is 4.77. The van der Waals surface area contributed by atoms with Crippen molar-refractivity contribution < 1.29 is 9.66 Å². The maximum absolute atomic E-state index is 10.6. The third-order valence-corrected chi connectivity index (χ3v) is 2.68. The zero-order valence-electron chi connectivity index (χ0n) is 11.9. The van der Waals surface area contributed by atoms with Crippen molar-refractivity contribution in [1.82, 2.24) is 0 Å². The van der Waals surface area contributed by atoms with Crippen molar-refractivity contribution in [2.24, 2.45) is 4.99 Å². The lowest BCUT2D eigenvalue weighted by atomic mass is 10.2. The minimum atomic E-state index is -0.430. The molecule has 0 aromatic heterocycles. The Hall–Kier alpha value is -2.69. The van der Waals surface area contributed by atoms with E-state index in [2.05, 4.69) is 4.99 Å². The Labute approximate surface area is 123 Å². The Morgan fingerprint density at radius 1 is 1.10 bits per heavy atom. The molecule has 0 N–H and O–H groups in total. The largest absolute Gasteiger partial charge is 0.491 e. The van der Waals surface area contributed by atoms with Gasteiger partial charge in [-0.15, -0.1) is 0 Å². The summed E-state index contributed by atoms with van der Waals surface area (Å²) < 4.78 is 5.56. The van der Waals surface area contributed by atoms with E-state index in [1.54, 1.807) is 18.3 Å². The molecular formula is C16H16N2O3. The number of hydrogen-bond acceptors (Lipinski definition) is 4. The monoisotopic (exact) mass is 284 g/mol. The molecule has 0 radical (unpaired) electrons. The summed E-state index contributed by atoms with van der Waals surface area (Å²) in [6, 6.07) is 13.7. The number of nitro benzene ring substituents is 1. The van der Waals surface area contributed by atoms with E-state index in [0.717, 1.165) is 11.3 Å². The molecule has 5 nitrogen and oxygen atoms in total. The SMILES string of the molecule is CC(C)Oc1ccc(C=Nc2ccc([N+](=O)[O-])cc2)cc1. The predicted octanol–water partition coefficient (Wildman–Crippen LogP) is 4.13. The molecule has 2 rings (SSSR count). The lowest BCUT2D eigenvalue weighted by Gasteiger charge is -2.09. The van der Waals surface area contributed by atoms with Gasteiger partial charge < -0.3 is 4.74 Å². The fraction of sp³-hybridized carbons (Fsp3) is 0.188. The van der Waals surface area contributed by atoms with Crippen molar-refractivity contribution in [3.63, 3.8) is 0 Å². The van der Waals surface area contributed by atoms with Crippen molar-refractivity contribution in [2.75, 3.05) is 0 Å². The molecule has 5 heteroatoms. The molecule has 0 spiro atoms. The smallest absolute Gasteiger partial charge is 0.269 e. The minimum Gasteiger partial charge on any atom is -0.491 e. The Bertz CT molecular complexity index is 632. The van der Waals surface area contributed by atoms with E-state index in [9.17, 15) is 10.1 Å². The van der Waals surface area contributed by atoms with Gasteiger partial charge in [0.2, 0.25) is 0 Å². The predicted molar refractivity (Wildman–Crippen MR) is 82.6 cm³/mol. The highest BCUT2D eigenvalue weighted by molar-refractivity contribution is 5.82. The minimum absolute atomic E-state index is 0.0594. The van der Waals surface area contributed by atoms with Crippen LogP contribution in [0.25, 0.3) is 0 Å². The van der Waals surface area contributed by atoms with E-state index in [0.29, 0.717) is 5.69 Å². The average Bonchev–Trinajstić information content (AvgIpc) is 2.46. The summed E-state index contributed by atoms with van der Waals surface area (Å²) in [5.41, 5.74) is 1.66. The summed E-state index contributed by atoms with van der Waals surface area (Å²) in [6.45, 7) is 3.95. The Kier molecular flexibility index (Phi) is 4.66. The number of rotatable bonds is 5.